The van der Waals surface area contributed by atoms with Crippen LogP contribution in [0.3, 0.4) is 0 Å². The molecule has 2 aliphatic heterocycles. The average Bonchev–Trinajstić information content (AvgIpc) is 3.22. The molecule has 0 aliphatic carbocycles. The predicted octanol–water partition coefficient (Wildman–Crippen LogP) is 0.717. The fourth-order valence-corrected chi connectivity index (χ4v) is 3.46. The average molecular weight is 328 g/mol. The summed E-state index contributed by atoms with van der Waals surface area (Å²) in [6, 6.07) is 5.94. The second-order valence-electron chi connectivity index (χ2n) is 6.45. The Labute approximate surface area is 139 Å². The van der Waals surface area contributed by atoms with Gasteiger partial charge < -0.3 is 14.7 Å². The molecule has 0 radical (unpaired) electrons. The lowest BCUT2D eigenvalue weighted by molar-refractivity contribution is 0.0728. The van der Waals surface area contributed by atoms with E-state index in [4.69, 9.17) is 4.74 Å². The third-order valence-corrected chi connectivity index (χ3v) is 4.88. The van der Waals surface area contributed by atoms with Gasteiger partial charge in [-0.25, -0.2) is 4.68 Å². The van der Waals surface area contributed by atoms with Crippen LogP contribution in [0.5, 0.6) is 0 Å². The van der Waals surface area contributed by atoms with Gasteiger partial charge in [0.05, 0.1) is 19.4 Å². The molecule has 7 nitrogen and oxygen atoms in total. The summed E-state index contributed by atoms with van der Waals surface area (Å²) in [5.41, 5.74) is 4.13. The number of aliphatic hydroxyl groups excluding tert-OH is 1. The van der Waals surface area contributed by atoms with E-state index in [1.165, 1.54) is 21.4 Å². The molecule has 7 heteroatoms. The van der Waals surface area contributed by atoms with Crippen molar-refractivity contribution in [2.45, 2.75) is 32.0 Å². The number of hydrogen-bond acceptors (Lipinski definition) is 5. The van der Waals surface area contributed by atoms with E-state index in [0.29, 0.717) is 25.4 Å². The molecule has 1 aromatic carbocycles. The first-order chi connectivity index (χ1) is 11.6. The number of rotatable bonds is 2. The molecular formula is C17H20N4O3. The minimum absolute atomic E-state index is 0.123. The summed E-state index contributed by atoms with van der Waals surface area (Å²) >= 11 is 0. The third kappa shape index (κ3) is 2.59. The number of aliphatic hydroxyl groups is 1. The molecule has 1 N–H and O–H groups in total. The van der Waals surface area contributed by atoms with Crippen molar-refractivity contribution < 1.29 is 14.6 Å². The number of nitrogens with zero attached hydrogens (tertiary/aromatic N) is 4. The zero-order valence-electron chi connectivity index (χ0n) is 13.6. The smallest absolute Gasteiger partial charge is 0.276 e. The number of carbonyl (C=O) groups is 1. The number of amides is 1. The van der Waals surface area contributed by atoms with Gasteiger partial charge in [0.25, 0.3) is 5.91 Å². The lowest BCUT2D eigenvalue weighted by Gasteiger charge is -2.29. The summed E-state index contributed by atoms with van der Waals surface area (Å²) in [6.07, 6.45) is 1.85. The molecule has 3 heterocycles. The summed E-state index contributed by atoms with van der Waals surface area (Å²) in [5, 5.41) is 17.9. The lowest BCUT2D eigenvalue weighted by Crippen LogP contribution is -2.36. The van der Waals surface area contributed by atoms with Gasteiger partial charge in [0, 0.05) is 13.1 Å². The summed E-state index contributed by atoms with van der Waals surface area (Å²) < 4.78 is 6.76. The Hall–Kier alpha value is -2.25. The molecule has 126 valence electrons. The van der Waals surface area contributed by atoms with E-state index in [2.05, 4.69) is 29.4 Å². The summed E-state index contributed by atoms with van der Waals surface area (Å²) in [6.45, 7) is 4.05. The summed E-state index contributed by atoms with van der Waals surface area (Å²) in [5.74, 6) is -0.123. The maximum Gasteiger partial charge on any atom is 0.276 e. The van der Waals surface area contributed by atoms with Crippen molar-refractivity contribution >= 4 is 5.91 Å². The first-order valence-corrected chi connectivity index (χ1v) is 8.18. The SMILES string of the molecule is Cc1cccc2c1CCN(C(=O)c1cn([C@@H]3COC[C@H]3O)nn1)C2. The first kappa shape index (κ1) is 15.3. The quantitative estimate of drug-likeness (QED) is 0.878. The number of aryl methyl sites for hydroxylation is 1. The van der Waals surface area contributed by atoms with Crippen LogP contribution in [0.25, 0.3) is 0 Å². The van der Waals surface area contributed by atoms with E-state index in [-0.39, 0.29) is 18.6 Å². The first-order valence-electron chi connectivity index (χ1n) is 8.18. The number of aromatic nitrogens is 3. The van der Waals surface area contributed by atoms with E-state index in [9.17, 15) is 9.90 Å². The van der Waals surface area contributed by atoms with Gasteiger partial charge in [-0.15, -0.1) is 5.10 Å². The molecule has 0 saturated carbocycles. The van der Waals surface area contributed by atoms with E-state index >= 15 is 0 Å². The maximum atomic E-state index is 12.7. The molecule has 2 aliphatic rings. The van der Waals surface area contributed by atoms with E-state index in [0.717, 1.165) is 6.42 Å². The van der Waals surface area contributed by atoms with Gasteiger partial charge in [-0.1, -0.05) is 23.4 Å². The van der Waals surface area contributed by atoms with Crippen LogP contribution < -0.4 is 0 Å². The normalized spacial score (nSPS) is 23.3. The molecule has 1 aromatic heterocycles. The summed E-state index contributed by atoms with van der Waals surface area (Å²) in [4.78, 5) is 14.5. The molecule has 24 heavy (non-hydrogen) atoms. The molecule has 1 saturated heterocycles. The fraction of sp³-hybridized carbons (Fsp3) is 0.471. The monoisotopic (exact) mass is 328 g/mol. The Bertz CT molecular complexity index is 773. The van der Waals surface area contributed by atoms with Crippen LogP contribution in [0.2, 0.25) is 0 Å². The Morgan fingerprint density at radius 3 is 3.04 bits per heavy atom. The van der Waals surface area contributed by atoms with Crippen molar-refractivity contribution in [3.63, 3.8) is 0 Å². The van der Waals surface area contributed by atoms with E-state index in [1.54, 1.807) is 11.1 Å². The molecule has 2 atom stereocenters. The number of fused-ring (bicyclic) bond motifs is 1. The molecule has 1 fully saturated rings. The second-order valence-corrected chi connectivity index (χ2v) is 6.45. The summed E-state index contributed by atoms with van der Waals surface area (Å²) in [7, 11) is 0. The Kier molecular flexibility index (Phi) is 3.82. The topological polar surface area (TPSA) is 80.5 Å². The number of hydrogen-bond donors (Lipinski definition) is 1. The van der Waals surface area contributed by atoms with Crippen LogP contribution in [0.4, 0.5) is 0 Å². The highest BCUT2D eigenvalue weighted by atomic mass is 16.5. The van der Waals surface area contributed by atoms with Crippen LogP contribution in [0.1, 0.15) is 33.2 Å². The number of carbonyl (C=O) groups excluding carboxylic acids is 1. The van der Waals surface area contributed by atoms with Crippen molar-refractivity contribution in [2.75, 3.05) is 19.8 Å². The Balaban J connectivity index is 1.52. The molecule has 1 amide bonds. The zero-order valence-corrected chi connectivity index (χ0v) is 13.6. The third-order valence-electron chi connectivity index (χ3n) is 4.88. The van der Waals surface area contributed by atoms with Crippen LogP contribution in [0.15, 0.2) is 24.4 Å². The second kappa shape index (κ2) is 5.99. The van der Waals surface area contributed by atoms with Crippen LogP contribution in [-0.4, -0.2) is 56.8 Å². The predicted molar refractivity (Wildman–Crippen MR) is 85.5 cm³/mol. The largest absolute Gasteiger partial charge is 0.388 e. The van der Waals surface area contributed by atoms with Crippen molar-refractivity contribution in [3.05, 3.63) is 46.8 Å². The van der Waals surface area contributed by atoms with Gasteiger partial charge in [0.15, 0.2) is 5.69 Å². The van der Waals surface area contributed by atoms with Gasteiger partial charge in [-0.05, 0) is 30.0 Å². The van der Waals surface area contributed by atoms with Crippen LogP contribution in [0, 0.1) is 6.92 Å². The highest BCUT2D eigenvalue weighted by Gasteiger charge is 2.30. The number of benzene rings is 1. The van der Waals surface area contributed by atoms with Crippen molar-refractivity contribution in [3.8, 4) is 0 Å². The van der Waals surface area contributed by atoms with Gasteiger partial charge in [0.1, 0.15) is 12.1 Å². The van der Waals surface area contributed by atoms with Crippen LogP contribution >= 0.6 is 0 Å². The van der Waals surface area contributed by atoms with E-state index < -0.39 is 6.10 Å². The van der Waals surface area contributed by atoms with Gasteiger partial charge >= 0.3 is 0 Å². The molecule has 4 rings (SSSR count). The minimum Gasteiger partial charge on any atom is -0.388 e. The Morgan fingerprint density at radius 1 is 1.38 bits per heavy atom. The minimum atomic E-state index is -0.612. The Morgan fingerprint density at radius 2 is 2.25 bits per heavy atom. The number of ether oxygens (including phenoxy) is 1. The van der Waals surface area contributed by atoms with Gasteiger partial charge in [0.2, 0.25) is 0 Å². The van der Waals surface area contributed by atoms with Crippen molar-refractivity contribution in [1.82, 2.24) is 19.9 Å². The highest BCUT2D eigenvalue weighted by molar-refractivity contribution is 5.92. The van der Waals surface area contributed by atoms with Crippen LogP contribution in [-0.2, 0) is 17.7 Å². The molecular weight excluding hydrogens is 308 g/mol. The maximum absolute atomic E-state index is 12.7. The van der Waals surface area contributed by atoms with Crippen molar-refractivity contribution in [2.24, 2.45) is 0 Å². The van der Waals surface area contributed by atoms with E-state index in [1.807, 2.05) is 6.07 Å². The zero-order chi connectivity index (χ0) is 16.7. The molecule has 2 aromatic rings. The molecule has 0 spiro atoms. The lowest BCUT2D eigenvalue weighted by atomic mass is 9.95. The van der Waals surface area contributed by atoms with Gasteiger partial charge in [-0.2, -0.15) is 0 Å². The van der Waals surface area contributed by atoms with Gasteiger partial charge in [-0.3, -0.25) is 4.79 Å². The fourth-order valence-electron chi connectivity index (χ4n) is 3.46. The molecule has 0 bridgehead atoms. The van der Waals surface area contributed by atoms with Crippen molar-refractivity contribution in [1.29, 1.82) is 0 Å². The molecule has 0 unspecified atom stereocenters. The highest BCUT2D eigenvalue weighted by Crippen LogP contribution is 2.23. The standard InChI is InChI=1S/C17H20N4O3/c1-11-3-2-4-12-7-20(6-5-13(11)12)17(23)14-8-21(19-18-14)15-9-24-10-16(15)22/h2-4,8,15-16,22H,5-7,9-10H2,1H3/t15-,16-/m1/s1.